The summed E-state index contributed by atoms with van der Waals surface area (Å²) < 4.78 is 63.8. The average Bonchev–Trinajstić information content (AvgIpc) is 2.55. The number of hydrogen-bond donors (Lipinski definition) is 1. The maximum atomic E-state index is 13.0. The average molecular weight is 388 g/mol. The highest BCUT2D eigenvalue weighted by molar-refractivity contribution is 7.86. The van der Waals surface area contributed by atoms with Crippen molar-refractivity contribution in [2.45, 2.75) is 17.9 Å². The third-order valence-corrected chi connectivity index (χ3v) is 4.49. The van der Waals surface area contributed by atoms with E-state index in [-0.39, 0.29) is 5.56 Å². The van der Waals surface area contributed by atoms with Crippen molar-refractivity contribution in [2.75, 3.05) is 13.2 Å². The quantitative estimate of drug-likeness (QED) is 0.296. The minimum atomic E-state index is -5.71. The first-order valence-corrected chi connectivity index (χ1v) is 9.17. The van der Waals surface area contributed by atoms with Gasteiger partial charge in [-0.2, -0.15) is 17.2 Å². The number of alkyl halides is 2. The van der Waals surface area contributed by atoms with Gasteiger partial charge in [-0.1, -0.05) is 29.7 Å². The number of esters is 2. The van der Waals surface area contributed by atoms with Gasteiger partial charge in [0.25, 0.3) is 0 Å². The third kappa shape index (κ3) is 5.56. The van der Waals surface area contributed by atoms with Crippen molar-refractivity contribution in [1.29, 1.82) is 0 Å². The normalized spacial score (nSPS) is 11.8. The van der Waals surface area contributed by atoms with Gasteiger partial charge in [-0.25, -0.2) is 9.59 Å². The lowest BCUT2D eigenvalue weighted by Crippen LogP contribution is -2.35. The van der Waals surface area contributed by atoms with Gasteiger partial charge in [0.05, 0.1) is 5.56 Å². The van der Waals surface area contributed by atoms with Gasteiger partial charge < -0.3 is 9.47 Å². The zero-order chi connectivity index (χ0) is 20.1. The van der Waals surface area contributed by atoms with E-state index in [1.54, 1.807) is 6.07 Å². The van der Waals surface area contributed by atoms with Crippen molar-refractivity contribution < 1.29 is 40.8 Å². The van der Waals surface area contributed by atoms with Crippen LogP contribution in [0.4, 0.5) is 8.78 Å². The minimum absolute atomic E-state index is 0.264. The highest BCUT2D eigenvalue weighted by Crippen LogP contribution is 2.20. The van der Waals surface area contributed by atoms with Crippen molar-refractivity contribution >= 4 is 51.1 Å². The first kappa shape index (κ1) is 22.2. The van der Waals surface area contributed by atoms with E-state index in [1.165, 1.54) is 0 Å². The van der Waals surface area contributed by atoms with Crippen LogP contribution in [-0.2, 0) is 37.0 Å². The van der Waals surface area contributed by atoms with Crippen LogP contribution in [0.3, 0.4) is 0 Å². The zero-order valence-corrected chi connectivity index (χ0v) is 15.4. The summed E-state index contributed by atoms with van der Waals surface area (Å²) in [6.07, 6.45) is 1.23. The van der Waals surface area contributed by atoms with Crippen LogP contribution in [-0.4, -0.2) is 66.9 Å². The number of halogens is 2. The SMILES string of the molecule is BCc1cc(B)c(CB)c(C(=O)OCC(=O)OCC(F)(F)S(=O)(=O)O)c1. The Bertz CT molecular complexity index is 799. The molecule has 1 rings (SSSR count). The first-order chi connectivity index (χ1) is 11.9. The largest absolute Gasteiger partial charge is 0.455 e. The molecule has 1 aromatic rings. The van der Waals surface area contributed by atoms with E-state index in [1.807, 2.05) is 29.6 Å². The molecule has 140 valence electrons. The number of carbonyl (C=O) groups excluding carboxylic acids is 2. The van der Waals surface area contributed by atoms with E-state index >= 15 is 0 Å². The number of carbonyl (C=O) groups is 2. The Kier molecular flexibility index (Phi) is 7.40. The van der Waals surface area contributed by atoms with Crippen molar-refractivity contribution in [3.05, 3.63) is 28.8 Å². The van der Waals surface area contributed by atoms with E-state index < -0.39 is 40.5 Å². The molecule has 0 heterocycles. The van der Waals surface area contributed by atoms with Crippen LogP contribution in [0.25, 0.3) is 0 Å². The molecule has 0 atom stereocenters. The van der Waals surface area contributed by atoms with Gasteiger partial charge in [0.2, 0.25) is 0 Å². The molecule has 0 bridgehead atoms. The molecule has 0 aliphatic rings. The number of rotatable bonds is 8. The van der Waals surface area contributed by atoms with Crippen LogP contribution >= 0.6 is 0 Å². The Morgan fingerprint density at radius 3 is 2.27 bits per heavy atom. The van der Waals surface area contributed by atoms with Gasteiger partial charge in [-0.15, -0.1) is 0 Å². The van der Waals surface area contributed by atoms with Crippen molar-refractivity contribution in [3.63, 3.8) is 0 Å². The summed E-state index contributed by atoms with van der Waals surface area (Å²) in [5.41, 5.74) is 2.77. The third-order valence-electron chi connectivity index (χ3n) is 3.61. The number of benzene rings is 1. The fourth-order valence-corrected chi connectivity index (χ4v) is 2.44. The van der Waals surface area contributed by atoms with Gasteiger partial charge in [0.1, 0.15) is 23.5 Å². The molecule has 0 aliphatic carbocycles. The molecule has 0 unspecified atom stereocenters. The number of ether oxygens (including phenoxy) is 2. The van der Waals surface area contributed by atoms with E-state index in [0.29, 0.717) is 12.6 Å². The predicted octanol–water partition coefficient (Wildman–Crippen LogP) is -2.61. The predicted molar refractivity (Wildman–Crippen MR) is 96.9 cm³/mol. The molecule has 0 amide bonds. The highest BCUT2D eigenvalue weighted by atomic mass is 32.2. The second-order valence-corrected chi connectivity index (χ2v) is 7.04. The Labute approximate surface area is 152 Å². The van der Waals surface area contributed by atoms with Crippen LogP contribution in [0.2, 0.25) is 0 Å². The van der Waals surface area contributed by atoms with Gasteiger partial charge in [-0.3, -0.25) is 4.55 Å². The van der Waals surface area contributed by atoms with Gasteiger partial charge in [0.15, 0.2) is 13.2 Å². The molecule has 0 radical (unpaired) electrons. The summed E-state index contributed by atoms with van der Waals surface area (Å²) in [5, 5.41) is -4.64. The Morgan fingerprint density at radius 1 is 1.15 bits per heavy atom. The van der Waals surface area contributed by atoms with E-state index in [0.717, 1.165) is 16.6 Å². The van der Waals surface area contributed by atoms with Crippen LogP contribution in [0, 0.1) is 0 Å². The monoisotopic (exact) mass is 388 g/mol. The van der Waals surface area contributed by atoms with E-state index in [4.69, 9.17) is 9.29 Å². The summed E-state index contributed by atoms with van der Waals surface area (Å²) >= 11 is 0. The second kappa shape index (κ2) is 8.67. The molecule has 13 heteroatoms. The van der Waals surface area contributed by atoms with Crippen LogP contribution < -0.4 is 5.46 Å². The van der Waals surface area contributed by atoms with Crippen molar-refractivity contribution in [3.8, 4) is 0 Å². The zero-order valence-electron chi connectivity index (χ0n) is 14.5. The molecule has 26 heavy (non-hydrogen) atoms. The first-order valence-electron chi connectivity index (χ1n) is 7.72. The molecule has 0 spiro atoms. The topological polar surface area (TPSA) is 107 Å². The van der Waals surface area contributed by atoms with Crippen LogP contribution in [0.1, 0.15) is 21.5 Å². The van der Waals surface area contributed by atoms with Crippen molar-refractivity contribution in [2.24, 2.45) is 0 Å². The summed E-state index contributed by atoms with van der Waals surface area (Å²) in [6.45, 7) is -2.86. The van der Waals surface area contributed by atoms with Crippen LogP contribution in [0.5, 0.6) is 0 Å². The van der Waals surface area contributed by atoms with Gasteiger partial charge in [0, 0.05) is 0 Å². The molecule has 7 nitrogen and oxygen atoms in total. The minimum Gasteiger partial charge on any atom is -0.455 e. The molecule has 0 aliphatic heterocycles. The molecule has 1 aromatic carbocycles. The smallest absolute Gasteiger partial charge is 0.402 e. The maximum Gasteiger partial charge on any atom is 0.402 e. The molecule has 0 saturated carbocycles. The molecular formula is C13H17B3F2O7S. The fraction of sp³-hybridized carbons (Fsp3) is 0.385. The van der Waals surface area contributed by atoms with E-state index in [2.05, 4.69) is 4.74 Å². The van der Waals surface area contributed by atoms with Crippen molar-refractivity contribution in [1.82, 2.24) is 0 Å². The van der Waals surface area contributed by atoms with Gasteiger partial charge in [-0.05, 0) is 11.6 Å². The molecule has 0 saturated heterocycles. The van der Waals surface area contributed by atoms with E-state index in [9.17, 15) is 26.8 Å². The molecule has 0 fully saturated rings. The lowest BCUT2D eigenvalue weighted by Gasteiger charge is -2.14. The Balaban J connectivity index is 2.75. The lowest BCUT2D eigenvalue weighted by atomic mass is 9.78. The van der Waals surface area contributed by atoms with Gasteiger partial charge >= 0.3 is 27.3 Å². The Hall–Kier alpha value is -1.88. The second-order valence-electron chi connectivity index (χ2n) is 5.50. The Morgan fingerprint density at radius 2 is 1.77 bits per heavy atom. The summed E-state index contributed by atoms with van der Waals surface area (Å²) in [4.78, 5) is 23.6. The molecular weight excluding hydrogens is 371 g/mol. The van der Waals surface area contributed by atoms with Crippen LogP contribution in [0.15, 0.2) is 12.1 Å². The lowest BCUT2D eigenvalue weighted by molar-refractivity contribution is -0.153. The maximum absolute atomic E-state index is 13.0. The summed E-state index contributed by atoms with van der Waals surface area (Å²) in [6, 6.07) is 3.56. The molecule has 0 aromatic heterocycles. The summed E-state index contributed by atoms with van der Waals surface area (Å²) in [7, 11) is -0.130. The standard InChI is InChI=1S/C13H17B3F2O7S/c14-3-7-1-8(9(4-15)10(16)2-7)12(20)24-5-11(19)25-6-13(17,18)26(21,22)23/h1-2H,3-6,14-16H2,(H,21,22,23). The highest BCUT2D eigenvalue weighted by Gasteiger charge is 2.45. The fourth-order valence-electron chi connectivity index (χ4n) is 2.23. The number of hydrogen-bond acceptors (Lipinski definition) is 6. The molecule has 1 N–H and O–H groups in total. The summed E-state index contributed by atoms with van der Waals surface area (Å²) in [5.74, 6) is -2.19.